The van der Waals surface area contributed by atoms with E-state index in [1.54, 1.807) is 25.1 Å². The molecular formula is C24H19N3O5S. The fourth-order valence-corrected chi connectivity index (χ4v) is 4.67. The highest BCUT2D eigenvalue weighted by Gasteiger charge is 2.33. The molecule has 33 heavy (non-hydrogen) atoms. The van der Waals surface area contributed by atoms with Gasteiger partial charge in [0.25, 0.3) is 11.2 Å². The summed E-state index contributed by atoms with van der Waals surface area (Å²) in [6.45, 7) is 5.31. The SMILES string of the molecule is C=CCOC(=O)C1=C(C)N=c2s/c(=C/c3cccc([N+](=O)[O-])c3)c(=O)n2[C@@H]1c1ccccc1. The predicted molar refractivity (Wildman–Crippen MR) is 124 cm³/mol. The van der Waals surface area contributed by atoms with Crippen molar-refractivity contribution in [3.63, 3.8) is 0 Å². The van der Waals surface area contributed by atoms with Gasteiger partial charge in [-0.3, -0.25) is 19.5 Å². The van der Waals surface area contributed by atoms with Crippen molar-refractivity contribution >= 4 is 29.1 Å². The van der Waals surface area contributed by atoms with E-state index in [1.807, 2.05) is 30.3 Å². The molecule has 1 aliphatic heterocycles. The standard InChI is InChI=1S/C24H19N3O5S/c1-3-12-32-23(29)20-15(2)25-24-26(21(20)17-9-5-4-6-10-17)22(28)19(33-24)14-16-8-7-11-18(13-16)27(30)31/h3-11,13-14,21H,1,12H2,2H3/b19-14+/t21-/m1/s1. The molecule has 1 aliphatic rings. The number of ether oxygens (including phenoxy) is 1. The lowest BCUT2D eigenvalue weighted by Gasteiger charge is -2.24. The van der Waals surface area contributed by atoms with E-state index in [4.69, 9.17) is 4.74 Å². The largest absolute Gasteiger partial charge is 0.458 e. The first-order chi connectivity index (χ1) is 15.9. The van der Waals surface area contributed by atoms with Crippen molar-refractivity contribution < 1.29 is 14.5 Å². The molecule has 1 atom stereocenters. The highest BCUT2D eigenvalue weighted by molar-refractivity contribution is 7.07. The number of esters is 1. The van der Waals surface area contributed by atoms with E-state index in [1.165, 1.54) is 22.8 Å². The van der Waals surface area contributed by atoms with Gasteiger partial charge in [-0.1, -0.05) is 66.5 Å². The lowest BCUT2D eigenvalue weighted by Crippen LogP contribution is -2.39. The van der Waals surface area contributed by atoms with Crippen LogP contribution in [0.1, 0.15) is 24.1 Å². The third-order valence-corrected chi connectivity index (χ3v) is 6.05. The van der Waals surface area contributed by atoms with Crippen molar-refractivity contribution in [3.8, 4) is 0 Å². The molecular weight excluding hydrogens is 442 g/mol. The molecule has 2 heterocycles. The van der Waals surface area contributed by atoms with Crippen LogP contribution in [0.15, 0.2) is 88.3 Å². The monoisotopic (exact) mass is 461 g/mol. The van der Waals surface area contributed by atoms with Crippen LogP contribution >= 0.6 is 11.3 Å². The van der Waals surface area contributed by atoms with Crippen molar-refractivity contribution in [1.29, 1.82) is 0 Å². The quantitative estimate of drug-likeness (QED) is 0.243. The Balaban J connectivity index is 1.91. The predicted octanol–water partition coefficient (Wildman–Crippen LogP) is 2.87. The molecule has 0 radical (unpaired) electrons. The fraction of sp³-hybridized carbons (Fsp3) is 0.125. The van der Waals surface area contributed by atoms with Crippen LogP contribution in [0.3, 0.4) is 0 Å². The zero-order chi connectivity index (χ0) is 23.5. The van der Waals surface area contributed by atoms with Crippen molar-refractivity contribution in [3.05, 3.63) is 119 Å². The first-order valence-electron chi connectivity index (χ1n) is 10.0. The summed E-state index contributed by atoms with van der Waals surface area (Å²) < 4.78 is 7.11. The summed E-state index contributed by atoms with van der Waals surface area (Å²) >= 11 is 1.16. The average Bonchev–Trinajstić information content (AvgIpc) is 3.11. The molecule has 0 spiro atoms. The van der Waals surface area contributed by atoms with Gasteiger partial charge in [-0.2, -0.15) is 0 Å². The molecule has 9 heteroatoms. The average molecular weight is 461 g/mol. The highest BCUT2D eigenvalue weighted by Crippen LogP contribution is 2.30. The number of rotatable bonds is 6. The van der Waals surface area contributed by atoms with Crippen LogP contribution in [0, 0.1) is 10.1 Å². The van der Waals surface area contributed by atoms with E-state index in [0.29, 0.717) is 20.6 Å². The minimum Gasteiger partial charge on any atom is -0.458 e. The number of allylic oxidation sites excluding steroid dienone is 1. The third-order valence-electron chi connectivity index (χ3n) is 5.07. The number of fused-ring (bicyclic) bond motifs is 1. The van der Waals surface area contributed by atoms with Crippen LogP contribution in [-0.2, 0) is 9.53 Å². The number of nitro benzene ring substituents is 1. The molecule has 1 aromatic heterocycles. The van der Waals surface area contributed by atoms with Gasteiger partial charge in [-0.15, -0.1) is 0 Å². The van der Waals surface area contributed by atoms with Gasteiger partial charge in [0.1, 0.15) is 6.61 Å². The Kier molecular flexibility index (Phi) is 6.14. The van der Waals surface area contributed by atoms with Gasteiger partial charge in [0.05, 0.1) is 26.8 Å². The molecule has 0 saturated carbocycles. The lowest BCUT2D eigenvalue weighted by molar-refractivity contribution is -0.384. The van der Waals surface area contributed by atoms with Crippen molar-refractivity contribution in [2.24, 2.45) is 4.99 Å². The van der Waals surface area contributed by atoms with Gasteiger partial charge in [0, 0.05) is 12.1 Å². The third kappa shape index (κ3) is 4.31. The van der Waals surface area contributed by atoms with Crippen LogP contribution in [0.4, 0.5) is 5.69 Å². The van der Waals surface area contributed by atoms with E-state index in [9.17, 15) is 19.7 Å². The lowest BCUT2D eigenvalue weighted by atomic mass is 9.96. The second-order valence-corrected chi connectivity index (χ2v) is 8.24. The van der Waals surface area contributed by atoms with Gasteiger partial charge in [-0.25, -0.2) is 9.79 Å². The zero-order valence-electron chi connectivity index (χ0n) is 17.6. The van der Waals surface area contributed by atoms with Gasteiger partial charge >= 0.3 is 5.97 Å². The number of aromatic nitrogens is 1. The number of thiazole rings is 1. The van der Waals surface area contributed by atoms with Gasteiger partial charge < -0.3 is 4.74 Å². The molecule has 0 bridgehead atoms. The van der Waals surface area contributed by atoms with Crippen molar-refractivity contribution in [1.82, 2.24) is 4.57 Å². The number of carbonyl (C=O) groups is 1. The number of nitro groups is 1. The number of carbonyl (C=O) groups excluding carboxylic acids is 1. The number of nitrogens with zero attached hydrogens (tertiary/aromatic N) is 3. The molecule has 0 amide bonds. The summed E-state index contributed by atoms with van der Waals surface area (Å²) in [5.41, 5.74) is 1.58. The summed E-state index contributed by atoms with van der Waals surface area (Å²) in [6.07, 6.45) is 3.06. The van der Waals surface area contributed by atoms with Crippen molar-refractivity contribution in [2.45, 2.75) is 13.0 Å². The maximum Gasteiger partial charge on any atom is 0.338 e. The van der Waals surface area contributed by atoms with Gasteiger partial charge in [0.2, 0.25) is 0 Å². The molecule has 0 aliphatic carbocycles. The summed E-state index contributed by atoms with van der Waals surface area (Å²) in [5, 5.41) is 11.1. The van der Waals surface area contributed by atoms with E-state index in [-0.39, 0.29) is 23.4 Å². The maximum absolute atomic E-state index is 13.5. The van der Waals surface area contributed by atoms with Crippen LogP contribution in [0.2, 0.25) is 0 Å². The van der Waals surface area contributed by atoms with Crippen LogP contribution in [-0.4, -0.2) is 22.1 Å². The van der Waals surface area contributed by atoms with Crippen LogP contribution in [0.5, 0.6) is 0 Å². The molecule has 0 fully saturated rings. The summed E-state index contributed by atoms with van der Waals surface area (Å²) in [6, 6.07) is 14.5. The smallest absolute Gasteiger partial charge is 0.338 e. The van der Waals surface area contributed by atoms with Crippen LogP contribution in [0.25, 0.3) is 6.08 Å². The fourth-order valence-electron chi connectivity index (χ4n) is 3.63. The molecule has 0 saturated heterocycles. The van der Waals surface area contributed by atoms with Gasteiger partial charge in [-0.05, 0) is 24.1 Å². The molecule has 0 N–H and O–H groups in total. The molecule has 8 nitrogen and oxygen atoms in total. The summed E-state index contributed by atoms with van der Waals surface area (Å²) in [4.78, 5) is 41.9. The minimum atomic E-state index is -0.716. The highest BCUT2D eigenvalue weighted by atomic mass is 32.1. The Morgan fingerprint density at radius 2 is 2.03 bits per heavy atom. The second kappa shape index (κ2) is 9.17. The molecule has 0 unspecified atom stereocenters. The van der Waals surface area contributed by atoms with Crippen LogP contribution < -0.4 is 14.9 Å². The van der Waals surface area contributed by atoms with E-state index in [2.05, 4.69) is 11.6 Å². The number of benzene rings is 2. The maximum atomic E-state index is 13.5. The summed E-state index contributed by atoms with van der Waals surface area (Å²) in [5.74, 6) is -0.571. The Morgan fingerprint density at radius 1 is 1.27 bits per heavy atom. The first-order valence-corrected chi connectivity index (χ1v) is 10.8. The topological polar surface area (TPSA) is 104 Å². The van der Waals surface area contributed by atoms with Crippen molar-refractivity contribution in [2.75, 3.05) is 6.61 Å². The molecule has 4 rings (SSSR count). The Bertz CT molecular complexity index is 1470. The van der Waals surface area contributed by atoms with E-state index < -0.39 is 16.9 Å². The Labute approximate surface area is 192 Å². The first kappa shape index (κ1) is 22.1. The molecule has 166 valence electrons. The van der Waals surface area contributed by atoms with E-state index >= 15 is 0 Å². The second-order valence-electron chi connectivity index (χ2n) is 7.23. The minimum absolute atomic E-state index is 0.0360. The van der Waals surface area contributed by atoms with E-state index in [0.717, 1.165) is 16.9 Å². The van der Waals surface area contributed by atoms with Gasteiger partial charge in [0.15, 0.2) is 4.80 Å². The molecule has 3 aromatic rings. The summed E-state index contributed by atoms with van der Waals surface area (Å²) in [7, 11) is 0. The number of hydrogen-bond donors (Lipinski definition) is 0. The number of non-ortho nitro benzene ring substituents is 1. The zero-order valence-corrected chi connectivity index (χ0v) is 18.5. The Hall–Kier alpha value is -4.11. The Morgan fingerprint density at radius 3 is 2.73 bits per heavy atom. The normalized spacial score (nSPS) is 15.5. The molecule has 2 aromatic carbocycles. The number of hydrogen-bond acceptors (Lipinski definition) is 7.